The summed E-state index contributed by atoms with van der Waals surface area (Å²) in [6.07, 6.45) is 0.925. The Morgan fingerprint density at radius 3 is 2.62 bits per heavy atom. The minimum atomic E-state index is 0.171. The molecule has 1 aromatic rings. The van der Waals surface area contributed by atoms with Crippen LogP contribution in [0.15, 0.2) is 22.7 Å². The molecule has 0 spiro atoms. The Balaban J connectivity index is 2.76. The Morgan fingerprint density at radius 2 is 2.12 bits per heavy atom. The number of nitrogens with two attached hydrogens (primary N) is 1. The van der Waals surface area contributed by atoms with Crippen LogP contribution in [-0.2, 0) is 0 Å². The van der Waals surface area contributed by atoms with Gasteiger partial charge in [-0.05, 0) is 48.9 Å². The molecule has 0 aliphatic rings. The molecule has 2 atom stereocenters. The second-order valence-electron chi connectivity index (χ2n) is 4.45. The second-order valence-corrected chi connectivity index (χ2v) is 5.30. The van der Waals surface area contributed by atoms with E-state index in [-0.39, 0.29) is 12.5 Å². The molecule has 1 rings (SSSR count). The molecule has 0 bridgehead atoms. The Bertz CT molecular complexity index is 337. The maximum Gasteiger partial charge on any atom is 0.0471 e. The maximum atomic E-state index is 9.14. The van der Waals surface area contributed by atoms with Gasteiger partial charge in [0.05, 0.1) is 0 Å². The van der Waals surface area contributed by atoms with Crippen molar-refractivity contribution in [2.24, 2.45) is 11.7 Å². The summed E-state index contributed by atoms with van der Waals surface area (Å²) in [7, 11) is 0. The van der Waals surface area contributed by atoms with Gasteiger partial charge in [-0.25, -0.2) is 0 Å². The Labute approximate surface area is 106 Å². The van der Waals surface area contributed by atoms with Crippen molar-refractivity contribution in [3.05, 3.63) is 33.8 Å². The lowest BCUT2D eigenvalue weighted by Crippen LogP contribution is -2.20. The topological polar surface area (TPSA) is 46.2 Å². The van der Waals surface area contributed by atoms with E-state index < -0.39 is 0 Å². The number of rotatable bonds is 5. The number of benzene rings is 1. The summed E-state index contributed by atoms with van der Waals surface area (Å²) < 4.78 is 1.15. The molecule has 0 amide bonds. The van der Waals surface area contributed by atoms with Gasteiger partial charge in [-0.15, -0.1) is 0 Å². The Kier molecular flexibility index (Phi) is 5.46. The standard InChI is InChI=1S/C13H20BrNO/c1-9-3-4-12(13(14)5-9)10(2)6-11(7-15)8-16/h3-5,10-11,16H,6-8,15H2,1-2H3. The van der Waals surface area contributed by atoms with Crippen molar-refractivity contribution in [3.8, 4) is 0 Å². The van der Waals surface area contributed by atoms with Crippen LogP contribution >= 0.6 is 15.9 Å². The number of aliphatic hydroxyl groups excluding tert-OH is 1. The summed E-state index contributed by atoms with van der Waals surface area (Å²) in [5.41, 5.74) is 8.14. The van der Waals surface area contributed by atoms with Gasteiger partial charge in [0.15, 0.2) is 0 Å². The van der Waals surface area contributed by atoms with Crippen molar-refractivity contribution in [1.29, 1.82) is 0 Å². The lowest BCUT2D eigenvalue weighted by atomic mass is 9.90. The highest BCUT2D eigenvalue weighted by Crippen LogP contribution is 2.30. The van der Waals surface area contributed by atoms with Gasteiger partial charge in [0.25, 0.3) is 0 Å². The molecule has 0 fully saturated rings. The maximum absolute atomic E-state index is 9.14. The van der Waals surface area contributed by atoms with Gasteiger partial charge in [0, 0.05) is 11.1 Å². The van der Waals surface area contributed by atoms with Crippen LogP contribution in [0, 0.1) is 12.8 Å². The number of aliphatic hydroxyl groups is 1. The zero-order valence-corrected chi connectivity index (χ0v) is 11.5. The van der Waals surface area contributed by atoms with E-state index in [1.807, 2.05) is 0 Å². The normalized spacial score (nSPS) is 14.8. The van der Waals surface area contributed by atoms with Crippen LogP contribution in [0.1, 0.15) is 30.4 Å². The van der Waals surface area contributed by atoms with E-state index in [1.54, 1.807) is 0 Å². The highest BCUT2D eigenvalue weighted by atomic mass is 79.9. The molecule has 3 N–H and O–H groups in total. The summed E-state index contributed by atoms with van der Waals surface area (Å²) in [5, 5.41) is 9.14. The zero-order chi connectivity index (χ0) is 12.1. The average molecular weight is 286 g/mol. The van der Waals surface area contributed by atoms with Crippen molar-refractivity contribution in [1.82, 2.24) is 0 Å². The zero-order valence-electron chi connectivity index (χ0n) is 9.91. The highest BCUT2D eigenvalue weighted by Gasteiger charge is 2.14. The van der Waals surface area contributed by atoms with Crippen molar-refractivity contribution in [3.63, 3.8) is 0 Å². The van der Waals surface area contributed by atoms with E-state index in [0.29, 0.717) is 12.5 Å². The molecule has 0 aromatic heterocycles. The summed E-state index contributed by atoms with van der Waals surface area (Å²) in [5.74, 6) is 0.610. The molecule has 90 valence electrons. The van der Waals surface area contributed by atoms with Crippen LogP contribution in [0.3, 0.4) is 0 Å². The van der Waals surface area contributed by atoms with E-state index in [9.17, 15) is 0 Å². The van der Waals surface area contributed by atoms with Crippen LogP contribution in [0.4, 0.5) is 0 Å². The minimum absolute atomic E-state index is 0.171. The van der Waals surface area contributed by atoms with Crippen LogP contribution < -0.4 is 5.73 Å². The van der Waals surface area contributed by atoms with Gasteiger partial charge in [-0.1, -0.05) is 35.0 Å². The van der Waals surface area contributed by atoms with Gasteiger partial charge in [0.1, 0.15) is 0 Å². The first-order valence-electron chi connectivity index (χ1n) is 5.65. The fourth-order valence-electron chi connectivity index (χ4n) is 1.90. The second kappa shape index (κ2) is 6.38. The molecule has 2 unspecified atom stereocenters. The summed E-state index contributed by atoms with van der Waals surface area (Å²) in [6.45, 7) is 4.97. The molecule has 0 radical (unpaired) electrons. The number of hydrogen-bond acceptors (Lipinski definition) is 2. The Morgan fingerprint density at radius 1 is 1.44 bits per heavy atom. The molecule has 0 heterocycles. The van der Waals surface area contributed by atoms with Gasteiger partial charge in [0.2, 0.25) is 0 Å². The molecule has 3 heteroatoms. The van der Waals surface area contributed by atoms with Crippen LogP contribution in [-0.4, -0.2) is 18.3 Å². The number of hydrogen-bond donors (Lipinski definition) is 2. The average Bonchev–Trinajstić information content (AvgIpc) is 2.25. The summed E-state index contributed by atoms with van der Waals surface area (Å²) >= 11 is 3.59. The first-order valence-corrected chi connectivity index (χ1v) is 6.44. The fraction of sp³-hybridized carbons (Fsp3) is 0.538. The molecule has 0 saturated heterocycles. The number of halogens is 1. The minimum Gasteiger partial charge on any atom is -0.396 e. The van der Waals surface area contributed by atoms with Crippen molar-refractivity contribution >= 4 is 15.9 Å². The molecular weight excluding hydrogens is 266 g/mol. The SMILES string of the molecule is Cc1ccc(C(C)CC(CN)CO)c(Br)c1. The molecule has 0 aliphatic carbocycles. The first-order chi connectivity index (χ1) is 7.58. The molecule has 16 heavy (non-hydrogen) atoms. The third-order valence-corrected chi connectivity index (χ3v) is 3.65. The summed E-state index contributed by atoms with van der Waals surface area (Å²) in [4.78, 5) is 0. The van der Waals surface area contributed by atoms with E-state index in [4.69, 9.17) is 10.8 Å². The van der Waals surface area contributed by atoms with Crippen LogP contribution in [0.2, 0.25) is 0 Å². The monoisotopic (exact) mass is 285 g/mol. The van der Waals surface area contributed by atoms with Gasteiger partial charge in [-0.2, -0.15) is 0 Å². The molecule has 1 aromatic carbocycles. The van der Waals surface area contributed by atoms with Crippen molar-refractivity contribution in [2.75, 3.05) is 13.2 Å². The Hall–Kier alpha value is -0.380. The van der Waals surface area contributed by atoms with E-state index >= 15 is 0 Å². The lowest BCUT2D eigenvalue weighted by molar-refractivity contribution is 0.217. The molecular formula is C13H20BrNO. The van der Waals surface area contributed by atoms with Gasteiger partial charge in [-0.3, -0.25) is 0 Å². The van der Waals surface area contributed by atoms with E-state index in [2.05, 4.69) is 48.0 Å². The smallest absolute Gasteiger partial charge is 0.0471 e. The van der Waals surface area contributed by atoms with Gasteiger partial charge < -0.3 is 10.8 Å². The highest BCUT2D eigenvalue weighted by molar-refractivity contribution is 9.10. The molecule has 0 aliphatic heterocycles. The number of aryl methyl sites for hydroxylation is 1. The van der Waals surface area contributed by atoms with Crippen LogP contribution in [0.25, 0.3) is 0 Å². The van der Waals surface area contributed by atoms with Crippen molar-refractivity contribution < 1.29 is 5.11 Å². The third kappa shape index (κ3) is 3.58. The first kappa shape index (κ1) is 13.7. The van der Waals surface area contributed by atoms with Crippen LogP contribution in [0.5, 0.6) is 0 Å². The third-order valence-electron chi connectivity index (χ3n) is 2.97. The largest absolute Gasteiger partial charge is 0.396 e. The lowest BCUT2D eigenvalue weighted by Gasteiger charge is -2.19. The summed E-state index contributed by atoms with van der Waals surface area (Å²) in [6, 6.07) is 6.39. The van der Waals surface area contributed by atoms with Crippen molar-refractivity contribution in [2.45, 2.75) is 26.2 Å². The quantitative estimate of drug-likeness (QED) is 0.874. The predicted molar refractivity (Wildman–Crippen MR) is 71.5 cm³/mol. The molecule has 0 saturated carbocycles. The van der Waals surface area contributed by atoms with E-state index in [0.717, 1.165) is 10.9 Å². The van der Waals surface area contributed by atoms with Gasteiger partial charge >= 0.3 is 0 Å². The molecule has 2 nitrogen and oxygen atoms in total. The fourth-order valence-corrected chi connectivity index (χ4v) is 2.79. The van der Waals surface area contributed by atoms with E-state index in [1.165, 1.54) is 11.1 Å². The predicted octanol–water partition coefficient (Wildman–Crippen LogP) is 2.82.